The molecule has 8 aliphatic heterocycles. The molecule has 0 saturated carbocycles. The van der Waals surface area contributed by atoms with Crippen LogP contribution in [0.15, 0.2) is 91.5 Å². The van der Waals surface area contributed by atoms with Gasteiger partial charge < -0.3 is 75.0 Å². The van der Waals surface area contributed by atoms with Crippen LogP contribution in [0.4, 0.5) is 0 Å². The monoisotopic (exact) mass is 1860 g/mol. The molecule has 0 aliphatic carbocycles. The Balaban J connectivity index is 0.000000181. The van der Waals surface area contributed by atoms with Crippen molar-refractivity contribution >= 4 is 87.5 Å². The second-order valence-corrected chi connectivity index (χ2v) is 37.9. The first-order valence-electron chi connectivity index (χ1n) is 45.6. The van der Waals surface area contributed by atoms with Crippen LogP contribution in [0.3, 0.4) is 0 Å². The molecule has 35 heteroatoms. The molecule has 0 aromatic carbocycles. The summed E-state index contributed by atoms with van der Waals surface area (Å²) in [6, 6.07) is 21.4. The van der Waals surface area contributed by atoms with Gasteiger partial charge in [-0.3, -0.25) is 48.5 Å². The fourth-order valence-electron chi connectivity index (χ4n) is 17.2. The van der Waals surface area contributed by atoms with Crippen LogP contribution in [-0.4, -0.2) is 380 Å². The van der Waals surface area contributed by atoms with Crippen molar-refractivity contribution in [3.63, 3.8) is 0 Å². The maximum absolute atomic E-state index is 13.0. The summed E-state index contributed by atoms with van der Waals surface area (Å²) in [7, 11) is 3.87. The van der Waals surface area contributed by atoms with Crippen LogP contribution < -0.4 is 26.6 Å². The standard InChI is InChI=1S/C21H34ClN5O.2C21H33ClN4O3.C15H22ClN3O2.C14H20ClN3O2/c1-16(2)27-10-7-21(8-11-27,15-26-13-12-25(4)17(3)14-26)24-20(28)19-18(22)6-5-9-23-19;1-16(2)26-7-5-19(24-21(27)20-18(22)4-3-6-23-20)17(14-26)15-29-13-10-25-8-11-28-12-9-25;1-16(2)26-7-6-18(24-21(27)19-4-3-5-20(22)23-19)17(14-26)15-29-13-10-25-8-11-28-12-9-25;1-10(2)19-8-6-12(13(9-19)21-3)18-15(20)14-11(16)5-4-7-17-14;1-9(2)18-7-5-11(12(19)8-18)17-14(20)13-10(15)4-3-6-16-13/h5-6,9,16-17H,7-8,10-15H2,1-4H3,(H,24,28);3-4,6,16-17,19H,5,7-15H2,1-2H3,(H,24,27);3-5,16-18H,6-15H2,1-2H3,(H,24,27);4-5,7,10,12-13H,6,8-9H2,1-3H3,(H,18,20);3-4,6,9,11-12,19H,5,7-8H2,1-2H3,(H,17,20). The van der Waals surface area contributed by atoms with Crippen molar-refractivity contribution in [3.8, 4) is 0 Å². The van der Waals surface area contributed by atoms with Crippen LogP contribution in [0.5, 0.6) is 0 Å². The van der Waals surface area contributed by atoms with Gasteiger partial charge in [-0.2, -0.15) is 0 Å². The van der Waals surface area contributed by atoms with Crippen LogP contribution in [0.25, 0.3) is 0 Å². The number of likely N-dealkylation sites (tertiary alicyclic amines) is 5. The topological polar surface area (TPSA) is 305 Å². The lowest BCUT2D eigenvalue weighted by molar-refractivity contribution is -0.00291. The van der Waals surface area contributed by atoms with Crippen LogP contribution in [0, 0.1) is 11.8 Å². The third kappa shape index (κ3) is 33.6. The zero-order valence-corrected chi connectivity index (χ0v) is 80.7. The van der Waals surface area contributed by atoms with E-state index in [0.717, 1.165) is 189 Å². The molecule has 127 heavy (non-hydrogen) atoms. The number of piperazine rings is 1. The molecular weight excluding hydrogens is 1720 g/mol. The van der Waals surface area contributed by atoms with Crippen molar-refractivity contribution in [3.05, 3.63) is 145 Å². The number of carbonyl (C=O) groups excluding carboxylic acids is 5. The van der Waals surface area contributed by atoms with Gasteiger partial charge >= 0.3 is 0 Å². The Labute approximate surface area is 778 Å². The number of carbonyl (C=O) groups is 5. The molecule has 8 fully saturated rings. The number of aliphatic hydroxyl groups is 1. The Morgan fingerprint density at radius 3 is 1.26 bits per heavy atom. The number of nitrogens with one attached hydrogen (secondary N) is 5. The quantitative estimate of drug-likeness (QED) is 0.0201. The first-order chi connectivity index (χ1) is 60.9. The number of aliphatic hydroxyl groups excluding tert-OH is 1. The van der Waals surface area contributed by atoms with E-state index in [1.54, 1.807) is 92.4 Å². The summed E-state index contributed by atoms with van der Waals surface area (Å²) in [5.41, 5.74) is 1.19. The summed E-state index contributed by atoms with van der Waals surface area (Å²) in [5, 5.41) is 27.4. The van der Waals surface area contributed by atoms with Gasteiger partial charge in [0.2, 0.25) is 0 Å². The molecule has 5 amide bonds. The van der Waals surface area contributed by atoms with Crippen molar-refractivity contribution in [2.45, 2.75) is 193 Å². The second kappa shape index (κ2) is 53.6. The van der Waals surface area contributed by atoms with E-state index in [4.69, 9.17) is 81.7 Å². The average Bonchev–Trinajstić information content (AvgIpc) is 0.792. The van der Waals surface area contributed by atoms with Gasteiger partial charge in [-0.15, -0.1) is 0 Å². The van der Waals surface area contributed by atoms with Gasteiger partial charge in [0.1, 0.15) is 33.6 Å². The van der Waals surface area contributed by atoms with E-state index < -0.39 is 6.10 Å². The molecule has 0 radical (unpaired) electrons. The molecule has 30 nitrogen and oxygen atoms in total. The van der Waals surface area contributed by atoms with E-state index in [0.29, 0.717) is 106 Å². The van der Waals surface area contributed by atoms with Crippen molar-refractivity contribution in [2.24, 2.45) is 11.8 Å². The van der Waals surface area contributed by atoms with E-state index in [-0.39, 0.29) is 94.3 Å². The van der Waals surface area contributed by atoms with Gasteiger partial charge in [0.15, 0.2) is 0 Å². The third-order valence-electron chi connectivity index (χ3n) is 25.5. The normalized spacial score (nSPS) is 24.0. The summed E-state index contributed by atoms with van der Waals surface area (Å²) in [6.07, 6.45) is 11.0. The number of pyridine rings is 5. The summed E-state index contributed by atoms with van der Waals surface area (Å²) >= 11 is 30.3. The minimum atomic E-state index is -0.572. The molecule has 0 spiro atoms. The highest BCUT2D eigenvalue weighted by molar-refractivity contribution is 6.34. The Bertz CT molecular complexity index is 4150. The lowest BCUT2D eigenvalue weighted by atomic mass is 9.85. The predicted octanol–water partition coefficient (Wildman–Crippen LogP) is 9.44. The van der Waals surface area contributed by atoms with Gasteiger partial charge in [0, 0.05) is 223 Å². The number of nitrogens with zero attached hydrogens (tertiary/aromatic N) is 14. The predicted molar refractivity (Wildman–Crippen MR) is 501 cm³/mol. The highest BCUT2D eigenvalue weighted by Gasteiger charge is 2.42. The molecular formula is C92H142Cl5N19O11. The van der Waals surface area contributed by atoms with Crippen LogP contribution in [-0.2, 0) is 23.7 Å². The number of β-amino-alcohol motifs (C(OH)–C–C–N with tert-alkyl or cyclic N) is 1. The number of ether oxygens (including phenoxy) is 5. The maximum Gasteiger partial charge on any atom is 0.271 e. The third-order valence-corrected chi connectivity index (χ3v) is 26.9. The molecule has 9 unspecified atom stereocenters. The Morgan fingerprint density at radius 1 is 0.457 bits per heavy atom. The van der Waals surface area contributed by atoms with Gasteiger partial charge in [-0.1, -0.05) is 64.1 Å². The number of rotatable bonds is 28. The number of aromatic nitrogens is 5. The fraction of sp³-hybridized carbons (Fsp3) is 0.674. The van der Waals surface area contributed by atoms with Gasteiger partial charge in [0.25, 0.3) is 29.5 Å². The smallest absolute Gasteiger partial charge is 0.271 e. The maximum atomic E-state index is 13.0. The Morgan fingerprint density at radius 2 is 0.850 bits per heavy atom. The first-order valence-corrected chi connectivity index (χ1v) is 47.5. The number of likely N-dealkylation sites (N-methyl/N-ethyl adjacent to an activating group) is 1. The first kappa shape index (κ1) is 105. The molecule has 5 aromatic heterocycles. The molecule has 9 atom stereocenters. The van der Waals surface area contributed by atoms with Crippen molar-refractivity contribution in [1.29, 1.82) is 0 Å². The lowest BCUT2D eigenvalue weighted by Gasteiger charge is -2.48. The highest BCUT2D eigenvalue weighted by atomic mass is 35.5. The van der Waals surface area contributed by atoms with Crippen LogP contribution in [0.2, 0.25) is 25.2 Å². The van der Waals surface area contributed by atoms with E-state index in [1.165, 1.54) is 6.20 Å². The second-order valence-electron chi connectivity index (χ2n) is 35.9. The zero-order chi connectivity index (χ0) is 91.7. The summed E-state index contributed by atoms with van der Waals surface area (Å²) in [5.74, 6) is -0.638. The summed E-state index contributed by atoms with van der Waals surface area (Å²) in [4.78, 5) is 105. The highest BCUT2D eigenvalue weighted by Crippen LogP contribution is 2.30. The van der Waals surface area contributed by atoms with Crippen LogP contribution in [0.1, 0.15) is 167 Å². The molecule has 6 N–H and O–H groups in total. The number of methoxy groups -OCH3 is 1. The van der Waals surface area contributed by atoms with Crippen molar-refractivity contribution < 1.29 is 52.8 Å². The SMILES string of the molecule is CC(C)N1CCC(NC(=O)c2cccc(Cl)n2)C(COCCN2CCOCC2)C1.CC(C)N1CCC(NC(=O)c2ncccc2Cl)C(COCCN2CCOCC2)C1.CC(C)N1CCC(NC(=O)c2ncccc2Cl)C(O)C1.CC1CN(CC2(NC(=O)c3ncccc3Cl)CCN(C(C)C)CC2)CCN1C.COC1CN(C(C)C)CCC1NC(=O)c1ncccc1Cl. The van der Waals surface area contributed by atoms with Gasteiger partial charge in [0.05, 0.1) is 103 Å². The molecule has 13 rings (SSSR count). The van der Waals surface area contributed by atoms with E-state index >= 15 is 0 Å². The number of hydrogen-bond acceptors (Lipinski definition) is 25. The number of amides is 5. The summed E-state index contributed by atoms with van der Waals surface area (Å²) in [6.45, 7) is 48.7. The van der Waals surface area contributed by atoms with Gasteiger partial charge in [-0.05, 0) is 182 Å². The van der Waals surface area contributed by atoms with E-state index in [1.807, 2.05) is 0 Å². The average molecular weight is 1870 g/mol. The molecule has 8 aliphatic rings. The minimum absolute atomic E-state index is 0.0180. The number of morpholine rings is 2. The van der Waals surface area contributed by atoms with E-state index in [2.05, 4.69) is 179 Å². The minimum Gasteiger partial charge on any atom is -0.390 e. The van der Waals surface area contributed by atoms with Crippen molar-refractivity contribution in [1.82, 2.24) is 95.6 Å². The van der Waals surface area contributed by atoms with Crippen molar-refractivity contribution in [2.75, 3.05) is 198 Å². The van der Waals surface area contributed by atoms with E-state index in [9.17, 15) is 29.1 Å². The summed E-state index contributed by atoms with van der Waals surface area (Å²) < 4.78 is 28.4. The lowest BCUT2D eigenvalue weighted by Crippen LogP contribution is -2.63. The Kier molecular flexibility index (Phi) is 44.2. The fourth-order valence-corrected chi connectivity index (χ4v) is 18.2. The van der Waals surface area contributed by atoms with Crippen LogP contribution >= 0.6 is 58.0 Å². The number of piperidine rings is 5. The molecule has 706 valence electrons. The number of hydrogen-bond donors (Lipinski definition) is 6. The molecule has 5 aromatic rings. The molecule has 0 bridgehead atoms. The largest absolute Gasteiger partial charge is 0.390 e. The molecule has 8 saturated heterocycles. The van der Waals surface area contributed by atoms with Gasteiger partial charge in [-0.25, -0.2) is 24.9 Å². The number of halogens is 5. The Hall–Kier alpha value is -6.05. The zero-order valence-electron chi connectivity index (χ0n) is 77.0. The molecule has 13 heterocycles.